The topological polar surface area (TPSA) is 20.2 Å². The van der Waals surface area contributed by atoms with Crippen molar-refractivity contribution in [1.82, 2.24) is 0 Å². The number of aliphatic hydroxyl groups excluding tert-OH is 1. The fraction of sp³-hybridized carbons (Fsp3) is 0.800. The van der Waals surface area contributed by atoms with Gasteiger partial charge in [0.25, 0.3) is 0 Å². The van der Waals surface area contributed by atoms with Crippen LogP contribution < -0.4 is 0 Å². The summed E-state index contributed by atoms with van der Waals surface area (Å²) in [6.07, 6.45) is 10.5. The largest absolute Gasteiger partial charge is 0.393 e. The maximum Gasteiger partial charge on any atom is 0.0574 e. The van der Waals surface area contributed by atoms with Gasteiger partial charge < -0.3 is 5.11 Å². The first-order valence-corrected chi connectivity index (χ1v) is 4.72. The lowest BCUT2D eigenvalue weighted by molar-refractivity contribution is 0.0397. The van der Waals surface area contributed by atoms with Gasteiger partial charge in [-0.15, -0.1) is 0 Å². The van der Waals surface area contributed by atoms with Gasteiger partial charge in [0.2, 0.25) is 0 Å². The lowest BCUT2D eigenvalue weighted by atomic mass is 9.72. The van der Waals surface area contributed by atoms with Gasteiger partial charge in [0.15, 0.2) is 0 Å². The van der Waals surface area contributed by atoms with Crippen LogP contribution in [-0.4, -0.2) is 11.2 Å². The molecule has 3 atom stereocenters. The van der Waals surface area contributed by atoms with Crippen molar-refractivity contribution >= 4 is 0 Å². The van der Waals surface area contributed by atoms with E-state index in [-0.39, 0.29) is 6.10 Å². The second kappa shape index (κ2) is 2.98. The Labute approximate surface area is 68.1 Å². The minimum Gasteiger partial charge on any atom is -0.393 e. The smallest absolute Gasteiger partial charge is 0.0574 e. The molecule has 1 fully saturated rings. The second-order valence-electron chi connectivity index (χ2n) is 3.83. The van der Waals surface area contributed by atoms with E-state index in [1.165, 1.54) is 25.7 Å². The third kappa shape index (κ3) is 1.34. The summed E-state index contributed by atoms with van der Waals surface area (Å²) in [7, 11) is 0. The van der Waals surface area contributed by atoms with E-state index in [0.29, 0.717) is 11.8 Å². The Morgan fingerprint density at radius 2 is 2.09 bits per heavy atom. The minimum absolute atomic E-state index is 0.00120. The molecule has 0 aromatic rings. The van der Waals surface area contributed by atoms with E-state index in [0.717, 1.165) is 6.42 Å². The average Bonchev–Trinajstić information content (AvgIpc) is 2.06. The zero-order valence-corrected chi connectivity index (χ0v) is 6.87. The summed E-state index contributed by atoms with van der Waals surface area (Å²) in [6.45, 7) is 0. The average molecular weight is 152 g/mol. The van der Waals surface area contributed by atoms with Gasteiger partial charge in [-0.3, -0.25) is 0 Å². The van der Waals surface area contributed by atoms with Gasteiger partial charge in [-0.2, -0.15) is 0 Å². The molecule has 2 aliphatic carbocycles. The predicted molar refractivity (Wildman–Crippen MR) is 45.2 cm³/mol. The number of allylic oxidation sites excluding steroid dienone is 2. The van der Waals surface area contributed by atoms with Gasteiger partial charge in [0.1, 0.15) is 0 Å². The summed E-state index contributed by atoms with van der Waals surface area (Å²) in [5.74, 6) is 1.29. The maximum absolute atomic E-state index is 9.67. The van der Waals surface area contributed by atoms with Crippen molar-refractivity contribution in [3.8, 4) is 0 Å². The number of hydrogen-bond acceptors (Lipinski definition) is 1. The van der Waals surface area contributed by atoms with Crippen molar-refractivity contribution in [1.29, 1.82) is 0 Å². The Bertz CT molecular complexity index is 162. The molecule has 0 heterocycles. The summed E-state index contributed by atoms with van der Waals surface area (Å²) in [5.41, 5.74) is 0. The Kier molecular flexibility index (Phi) is 1.99. The van der Waals surface area contributed by atoms with Gasteiger partial charge in [-0.25, -0.2) is 0 Å². The van der Waals surface area contributed by atoms with Gasteiger partial charge in [0, 0.05) is 0 Å². The summed E-state index contributed by atoms with van der Waals surface area (Å²) >= 11 is 0. The molecule has 0 aromatic carbocycles. The molecule has 0 aromatic heterocycles. The zero-order chi connectivity index (χ0) is 7.68. The molecule has 1 saturated carbocycles. The lowest BCUT2D eigenvalue weighted by Crippen LogP contribution is -2.32. The van der Waals surface area contributed by atoms with E-state index < -0.39 is 0 Å². The Balaban J connectivity index is 2.08. The predicted octanol–water partition coefficient (Wildman–Crippen LogP) is 2.11. The highest BCUT2D eigenvalue weighted by molar-refractivity contribution is 5.00. The summed E-state index contributed by atoms with van der Waals surface area (Å²) in [6, 6.07) is 0. The molecular formula is C10H16O. The molecule has 2 aliphatic rings. The van der Waals surface area contributed by atoms with E-state index in [4.69, 9.17) is 0 Å². The molecule has 0 bridgehead atoms. The molecule has 1 heteroatoms. The summed E-state index contributed by atoms with van der Waals surface area (Å²) in [4.78, 5) is 0. The highest BCUT2D eigenvalue weighted by Gasteiger charge is 2.31. The molecule has 11 heavy (non-hydrogen) atoms. The highest BCUT2D eigenvalue weighted by Crippen LogP contribution is 2.36. The molecule has 0 unspecified atom stereocenters. The highest BCUT2D eigenvalue weighted by atomic mass is 16.3. The van der Waals surface area contributed by atoms with Crippen LogP contribution in [0.15, 0.2) is 12.2 Å². The van der Waals surface area contributed by atoms with Crippen molar-refractivity contribution in [3.05, 3.63) is 12.2 Å². The summed E-state index contributed by atoms with van der Waals surface area (Å²) in [5, 5.41) is 9.67. The van der Waals surface area contributed by atoms with Crippen LogP contribution in [0.25, 0.3) is 0 Å². The third-order valence-corrected chi connectivity index (χ3v) is 3.13. The number of hydrogen-bond donors (Lipinski definition) is 1. The standard InChI is InChI=1S/C10H16O/c11-10-7-3-5-8-4-1-2-6-9(8)10/h1,4,8-11H,2-3,5-7H2/t8-,9-,10-/m0/s1. The van der Waals surface area contributed by atoms with E-state index in [2.05, 4.69) is 12.2 Å². The van der Waals surface area contributed by atoms with Crippen LogP contribution in [0.4, 0.5) is 0 Å². The van der Waals surface area contributed by atoms with E-state index in [9.17, 15) is 5.11 Å². The summed E-state index contributed by atoms with van der Waals surface area (Å²) < 4.78 is 0. The number of aliphatic hydroxyl groups is 1. The lowest BCUT2D eigenvalue weighted by Gasteiger charge is -2.35. The van der Waals surface area contributed by atoms with Crippen LogP contribution in [-0.2, 0) is 0 Å². The Morgan fingerprint density at radius 1 is 1.18 bits per heavy atom. The maximum atomic E-state index is 9.67. The number of fused-ring (bicyclic) bond motifs is 1. The fourth-order valence-electron chi connectivity index (χ4n) is 2.48. The molecule has 62 valence electrons. The number of rotatable bonds is 0. The molecular weight excluding hydrogens is 136 g/mol. The third-order valence-electron chi connectivity index (χ3n) is 3.13. The fourth-order valence-corrected chi connectivity index (χ4v) is 2.48. The van der Waals surface area contributed by atoms with Crippen molar-refractivity contribution in [2.75, 3.05) is 0 Å². The molecule has 2 rings (SSSR count). The SMILES string of the molecule is O[C@H]1CCC[C@@H]2C=CCC[C@H]12. The first kappa shape index (κ1) is 7.35. The van der Waals surface area contributed by atoms with Crippen LogP contribution in [0.1, 0.15) is 32.1 Å². The quantitative estimate of drug-likeness (QED) is 0.527. The van der Waals surface area contributed by atoms with Crippen molar-refractivity contribution in [3.63, 3.8) is 0 Å². The van der Waals surface area contributed by atoms with Gasteiger partial charge in [0.05, 0.1) is 6.10 Å². The van der Waals surface area contributed by atoms with E-state index in [1.54, 1.807) is 0 Å². The van der Waals surface area contributed by atoms with Crippen LogP contribution in [0.5, 0.6) is 0 Å². The second-order valence-corrected chi connectivity index (χ2v) is 3.83. The van der Waals surface area contributed by atoms with Gasteiger partial charge in [-0.05, 0) is 37.5 Å². The van der Waals surface area contributed by atoms with Crippen LogP contribution in [0.2, 0.25) is 0 Å². The molecule has 1 nitrogen and oxygen atoms in total. The molecule has 0 spiro atoms. The van der Waals surface area contributed by atoms with Crippen LogP contribution in [0, 0.1) is 11.8 Å². The first-order chi connectivity index (χ1) is 5.38. The van der Waals surface area contributed by atoms with Crippen molar-refractivity contribution in [2.24, 2.45) is 11.8 Å². The van der Waals surface area contributed by atoms with Crippen LogP contribution in [0.3, 0.4) is 0 Å². The van der Waals surface area contributed by atoms with Crippen LogP contribution >= 0.6 is 0 Å². The van der Waals surface area contributed by atoms with Gasteiger partial charge in [-0.1, -0.05) is 18.6 Å². The minimum atomic E-state index is -0.00120. The van der Waals surface area contributed by atoms with E-state index in [1.807, 2.05) is 0 Å². The monoisotopic (exact) mass is 152 g/mol. The normalized spacial score (nSPS) is 43.5. The van der Waals surface area contributed by atoms with E-state index >= 15 is 0 Å². The van der Waals surface area contributed by atoms with Crippen molar-refractivity contribution in [2.45, 2.75) is 38.2 Å². The van der Waals surface area contributed by atoms with Crippen molar-refractivity contribution < 1.29 is 5.11 Å². The Morgan fingerprint density at radius 3 is 2.91 bits per heavy atom. The molecule has 0 radical (unpaired) electrons. The molecule has 0 amide bonds. The van der Waals surface area contributed by atoms with Gasteiger partial charge >= 0.3 is 0 Å². The molecule has 0 saturated heterocycles. The first-order valence-electron chi connectivity index (χ1n) is 4.72. The molecule has 0 aliphatic heterocycles. The molecule has 1 N–H and O–H groups in total. The zero-order valence-electron chi connectivity index (χ0n) is 6.87. The Hall–Kier alpha value is -0.300.